The summed E-state index contributed by atoms with van der Waals surface area (Å²) in [5.74, 6) is 5.99. The average Bonchev–Trinajstić information content (AvgIpc) is 2.98. The molecule has 0 N–H and O–H groups in total. The predicted octanol–water partition coefficient (Wildman–Crippen LogP) is 3.89. The molecule has 4 heteroatoms. The Morgan fingerprint density at radius 3 is 3.04 bits per heavy atom. The monoisotopic (exact) mass is 313 g/mol. The number of hydrogen-bond donors (Lipinski definition) is 0. The van der Waals surface area contributed by atoms with Gasteiger partial charge in [0.15, 0.2) is 0 Å². The predicted molar refractivity (Wildman–Crippen MR) is 86.3 cm³/mol. The van der Waals surface area contributed by atoms with E-state index >= 15 is 0 Å². The minimum atomic E-state index is -0.273. The van der Waals surface area contributed by atoms with E-state index in [0.717, 1.165) is 31.3 Å². The lowest BCUT2D eigenvalue weighted by Gasteiger charge is -2.28. The van der Waals surface area contributed by atoms with Gasteiger partial charge in [0.25, 0.3) is 0 Å². The molecule has 2 aliphatic rings. The molecule has 1 aliphatic carbocycles. The van der Waals surface area contributed by atoms with Gasteiger partial charge in [0.05, 0.1) is 12.6 Å². The highest BCUT2D eigenvalue weighted by Gasteiger charge is 2.36. The highest BCUT2D eigenvalue weighted by atomic mass is 19.1. The van der Waals surface area contributed by atoms with Crippen molar-refractivity contribution >= 4 is 6.09 Å². The molecule has 1 aliphatic heterocycles. The van der Waals surface area contributed by atoms with Gasteiger partial charge in [0.2, 0.25) is 0 Å². The van der Waals surface area contributed by atoms with Crippen LogP contribution in [0.4, 0.5) is 9.18 Å². The van der Waals surface area contributed by atoms with Gasteiger partial charge in [0, 0.05) is 17.7 Å². The van der Waals surface area contributed by atoms with Crippen LogP contribution in [0.2, 0.25) is 0 Å². The van der Waals surface area contributed by atoms with Gasteiger partial charge in [-0.2, -0.15) is 0 Å². The summed E-state index contributed by atoms with van der Waals surface area (Å²) in [4.78, 5) is 13.8. The van der Waals surface area contributed by atoms with Crippen LogP contribution in [0.3, 0.4) is 0 Å². The zero-order valence-corrected chi connectivity index (χ0v) is 13.3. The van der Waals surface area contributed by atoms with Crippen molar-refractivity contribution in [3.63, 3.8) is 0 Å². The Bertz CT molecular complexity index is 699. The molecular weight excluding hydrogens is 293 g/mol. The molecule has 1 fully saturated rings. The number of likely N-dealkylation sites (tertiary alicyclic amines) is 1. The molecule has 0 spiro atoms. The fraction of sp³-hybridized carbons (Fsp3) is 0.421. The van der Waals surface area contributed by atoms with Gasteiger partial charge in [-0.3, -0.25) is 0 Å². The van der Waals surface area contributed by atoms with E-state index in [1.807, 2.05) is 11.8 Å². The molecule has 0 bridgehead atoms. The van der Waals surface area contributed by atoms with Gasteiger partial charge < -0.3 is 9.64 Å². The molecule has 120 valence electrons. The first-order valence-corrected chi connectivity index (χ1v) is 8.12. The molecule has 1 aromatic rings. The molecule has 1 aromatic carbocycles. The Morgan fingerprint density at radius 2 is 2.26 bits per heavy atom. The first kappa shape index (κ1) is 15.6. The summed E-state index contributed by atoms with van der Waals surface area (Å²) < 4.78 is 18.4. The molecule has 1 atom stereocenters. The molecule has 3 nitrogen and oxygen atoms in total. The number of rotatable bonds is 1. The van der Waals surface area contributed by atoms with Crippen LogP contribution in [-0.2, 0) is 4.74 Å². The highest BCUT2D eigenvalue weighted by Crippen LogP contribution is 2.36. The Balaban J connectivity index is 1.83. The minimum Gasteiger partial charge on any atom is -0.450 e. The maximum atomic E-state index is 13.2. The van der Waals surface area contributed by atoms with Crippen LogP contribution >= 0.6 is 0 Å². The third-order valence-electron chi connectivity index (χ3n) is 4.38. The van der Waals surface area contributed by atoms with Crippen molar-refractivity contribution in [2.75, 3.05) is 13.2 Å². The zero-order valence-electron chi connectivity index (χ0n) is 13.3. The summed E-state index contributed by atoms with van der Waals surface area (Å²) in [7, 11) is 0. The Morgan fingerprint density at radius 1 is 1.39 bits per heavy atom. The number of ether oxygens (including phenoxy) is 1. The van der Waals surface area contributed by atoms with Crippen molar-refractivity contribution in [2.24, 2.45) is 0 Å². The number of carbonyl (C=O) groups excluding carboxylic acids is 1. The van der Waals surface area contributed by atoms with Crippen LogP contribution < -0.4 is 0 Å². The summed E-state index contributed by atoms with van der Waals surface area (Å²) >= 11 is 0. The lowest BCUT2D eigenvalue weighted by Crippen LogP contribution is -2.37. The summed E-state index contributed by atoms with van der Waals surface area (Å²) in [5.41, 5.74) is 3.05. The summed E-state index contributed by atoms with van der Waals surface area (Å²) in [6, 6.07) is 6.45. The summed E-state index contributed by atoms with van der Waals surface area (Å²) in [5, 5.41) is 0. The molecule has 23 heavy (non-hydrogen) atoms. The Kier molecular flexibility index (Phi) is 4.66. The van der Waals surface area contributed by atoms with E-state index in [4.69, 9.17) is 4.74 Å². The molecule has 0 aromatic heterocycles. The van der Waals surface area contributed by atoms with Crippen LogP contribution in [0.5, 0.6) is 0 Å². The van der Waals surface area contributed by atoms with E-state index in [0.29, 0.717) is 18.7 Å². The third-order valence-corrected chi connectivity index (χ3v) is 4.38. The fourth-order valence-electron chi connectivity index (χ4n) is 3.35. The second kappa shape index (κ2) is 6.87. The maximum absolute atomic E-state index is 13.2. The van der Waals surface area contributed by atoms with Crippen LogP contribution in [0.1, 0.15) is 38.2 Å². The number of allylic oxidation sites excluding steroid dienone is 1. The van der Waals surface area contributed by atoms with Crippen LogP contribution in [0, 0.1) is 17.7 Å². The number of hydrogen-bond acceptors (Lipinski definition) is 2. The summed E-state index contributed by atoms with van der Waals surface area (Å²) in [6.45, 7) is 2.92. The molecule has 1 amide bonds. The number of carbonyl (C=O) groups is 1. The largest absolute Gasteiger partial charge is 0.450 e. The number of amides is 1. The normalized spacial score (nSPS) is 19.9. The molecule has 3 rings (SSSR count). The van der Waals surface area contributed by atoms with Crippen molar-refractivity contribution in [1.29, 1.82) is 0 Å². The van der Waals surface area contributed by atoms with Gasteiger partial charge in [0.1, 0.15) is 5.82 Å². The second-order valence-corrected chi connectivity index (χ2v) is 5.81. The molecule has 1 heterocycles. The molecule has 0 unspecified atom stereocenters. The molecular formula is C19H20FNO2. The number of benzene rings is 1. The van der Waals surface area contributed by atoms with Crippen molar-refractivity contribution in [3.05, 3.63) is 46.8 Å². The second-order valence-electron chi connectivity index (χ2n) is 5.81. The topological polar surface area (TPSA) is 29.5 Å². The SMILES string of the molecule is CCOC(=O)N1CCC2=C(C#Cc3cccc(F)c3)CCC[C@@H]21. The van der Waals surface area contributed by atoms with E-state index in [1.165, 1.54) is 17.7 Å². The van der Waals surface area contributed by atoms with Gasteiger partial charge in [-0.25, -0.2) is 9.18 Å². The van der Waals surface area contributed by atoms with Gasteiger partial charge >= 0.3 is 6.09 Å². The first-order valence-electron chi connectivity index (χ1n) is 8.12. The van der Waals surface area contributed by atoms with Crippen molar-refractivity contribution in [1.82, 2.24) is 4.90 Å². The van der Waals surface area contributed by atoms with Gasteiger partial charge in [-0.15, -0.1) is 0 Å². The van der Waals surface area contributed by atoms with Gasteiger partial charge in [-0.05, 0) is 56.4 Å². The Hall–Kier alpha value is -2.28. The average molecular weight is 313 g/mol. The lowest BCUT2D eigenvalue weighted by atomic mass is 9.88. The minimum absolute atomic E-state index is 0.125. The van der Waals surface area contributed by atoms with E-state index in [-0.39, 0.29) is 18.0 Å². The smallest absolute Gasteiger partial charge is 0.410 e. The van der Waals surface area contributed by atoms with Crippen LogP contribution in [-0.4, -0.2) is 30.2 Å². The number of halogens is 1. The highest BCUT2D eigenvalue weighted by molar-refractivity contribution is 5.70. The van der Waals surface area contributed by atoms with Crippen molar-refractivity contribution in [2.45, 2.75) is 38.6 Å². The molecule has 0 saturated carbocycles. The lowest BCUT2D eigenvalue weighted by molar-refractivity contribution is 0.103. The van der Waals surface area contributed by atoms with Crippen molar-refractivity contribution in [3.8, 4) is 11.8 Å². The number of fused-ring (bicyclic) bond motifs is 1. The molecule has 1 saturated heterocycles. The summed E-state index contributed by atoms with van der Waals surface area (Å²) in [6.07, 6.45) is 3.55. The maximum Gasteiger partial charge on any atom is 0.410 e. The standard InChI is InChI=1S/C19H20FNO2/c1-2-23-19(22)21-12-11-17-15(6-4-8-18(17)21)10-9-14-5-3-7-16(20)13-14/h3,5,7,13,18H,2,4,6,8,11-12H2,1H3/t18-/m0/s1. The zero-order chi connectivity index (χ0) is 16.2. The third kappa shape index (κ3) is 3.39. The van der Waals surface area contributed by atoms with E-state index in [2.05, 4.69) is 11.8 Å². The quantitative estimate of drug-likeness (QED) is 0.736. The van der Waals surface area contributed by atoms with E-state index in [9.17, 15) is 9.18 Å². The fourth-order valence-corrected chi connectivity index (χ4v) is 3.35. The van der Waals surface area contributed by atoms with E-state index in [1.54, 1.807) is 12.1 Å². The Labute approximate surface area is 136 Å². The molecule has 0 radical (unpaired) electrons. The van der Waals surface area contributed by atoms with Gasteiger partial charge in [-0.1, -0.05) is 17.9 Å². The van der Waals surface area contributed by atoms with Crippen LogP contribution in [0.25, 0.3) is 0 Å². The number of nitrogens with zero attached hydrogens (tertiary/aromatic N) is 1. The first-order chi connectivity index (χ1) is 11.2. The van der Waals surface area contributed by atoms with E-state index < -0.39 is 0 Å². The van der Waals surface area contributed by atoms with Crippen molar-refractivity contribution < 1.29 is 13.9 Å². The van der Waals surface area contributed by atoms with Crippen LogP contribution in [0.15, 0.2) is 35.4 Å².